The third-order valence-corrected chi connectivity index (χ3v) is 3.51. The lowest BCUT2D eigenvalue weighted by Crippen LogP contribution is -2.04. The highest BCUT2D eigenvalue weighted by atomic mass is 79.9. The zero-order chi connectivity index (χ0) is 15.6. The van der Waals surface area contributed by atoms with Crippen molar-refractivity contribution in [2.75, 3.05) is 5.73 Å². The molecule has 0 bridgehead atoms. The second-order valence-corrected chi connectivity index (χ2v) is 5.60. The standard InChI is InChI=1S/C13H11BrClN3O3/c1-7-4-8(14)5-11(18(19)20)13(7)21-6-10-9(15)2-3-12(16)17-10/h2-5H,6H2,1H3,(H2,16,17). The van der Waals surface area contributed by atoms with Crippen molar-refractivity contribution in [3.63, 3.8) is 0 Å². The molecule has 2 rings (SSSR count). The first-order chi connectivity index (χ1) is 9.88. The van der Waals surface area contributed by atoms with E-state index in [1.165, 1.54) is 6.07 Å². The molecule has 0 aliphatic heterocycles. The van der Waals surface area contributed by atoms with Crippen molar-refractivity contribution in [3.05, 3.63) is 55.1 Å². The summed E-state index contributed by atoms with van der Waals surface area (Å²) in [5, 5.41) is 11.5. The summed E-state index contributed by atoms with van der Waals surface area (Å²) in [4.78, 5) is 14.7. The van der Waals surface area contributed by atoms with Gasteiger partial charge in [-0.15, -0.1) is 0 Å². The molecule has 0 spiro atoms. The molecular weight excluding hydrogens is 362 g/mol. The molecule has 2 N–H and O–H groups in total. The van der Waals surface area contributed by atoms with Crippen LogP contribution >= 0.6 is 27.5 Å². The first kappa shape index (κ1) is 15.5. The third-order valence-electron chi connectivity index (χ3n) is 2.71. The number of halogens is 2. The van der Waals surface area contributed by atoms with Gasteiger partial charge in [-0.3, -0.25) is 10.1 Å². The molecule has 1 heterocycles. The number of anilines is 1. The number of nitrogen functional groups attached to an aromatic ring is 1. The van der Waals surface area contributed by atoms with Gasteiger partial charge in [0.2, 0.25) is 5.75 Å². The Hall–Kier alpha value is -1.86. The minimum Gasteiger partial charge on any atom is -0.480 e. The Bertz CT molecular complexity index is 709. The summed E-state index contributed by atoms with van der Waals surface area (Å²) in [6.45, 7) is 1.72. The molecule has 1 aromatic carbocycles. The van der Waals surface area contributed by atoms with Crippen molar-refractivity contribution in [2.45, 2.75) is 13.5 Å². The number of ether oxygens (including phenoxy) is 1. The Labute approximate surface area is 134 Å². The summed E-state index contributed by atoms with van der Waals surface area (Å²) in [5.41, 5.74) is 6.52. The van der Waals surface area contributed by atoms with Gasteiger partial charge >= 0.3 is 5.69 Å². The second-order valence-electron chi connectivity index (χ2n) is 4.28. The largest absolute Gasteiger partial charge is 0.480 e. The molecule has 110 valence electrons. The van der Waals surface area contributed by atoms with Gasteiger partial charge < -0.3 is 10.5 Å². The van der Waals surface area contributed by atoms with Crippen molar-refractivity contribution in [1.29, 1.82) is 0 Å². The van der Waals surface area contributed by atoms with E-state index in [-0.39, 0.29) is 18.0 Å². The molecule has 21 heavy (non-hydrogen) atoms. The fraction of sp³-hybridized carbons (Fsp3) is 0.154. The second kappa shape index (κ2) is 6.28. The summed E-state index contributed by atoms with van der Waals surface area (Å²) in [6.07, 6.45) is 0. The van der Waals surface area contributed by atoms with E-state index in [0.717, 1.165) is 0 Å². The van der Waals surface area contributed by atoms with Gasteiger partial charge in [0.15, 0.2) is 0 Å². The molecule has 0 fully saturated rings. The Balaban J connectivity index is 2.32. The molecular formula is C13H11BrClN3O3. The molecule has 0 unspecified atom stereocenters. The van der Waals surface area contributed by atoms with Crippen LogP contribution in [0, 0.1) is 17.0 Å². The van der Waals surface area contributed by atoms with E-state index in [0.29, 0.717) is 26.6 Å². The average molecular weight is 373 g/mol. The SMILES string of the molecule is Cc1cc(Br)cc([N+](=O)[O-])c1OCc1nc(N)ccc1Cl. The van der Waals surface area contributed by atoms with Crippen LogP contribution in [0.15, 0.2) is 28.7 Å². The normalized spacial score (nSPS) is 10.4. The van der Waals surface area contributed by atoms with E-state index in [1.807, 2.05) is 0 Å². The summed E-state index contributed by atoms with van der Waals surface area (Å²) in [6, 6.07) is 6.29. The Kier molecular flexibility index (Phi) is 4.64. The van der Waals surface area contributed by atoms with Gasteiger partial charge in [0.05, 0.1) is 15.6 Å². The van der Waals surface area contributed by atoms with E-state index in [4.69, 9.17) is 22.1 Å². The molecule has 0 aliphatic rings. The van der Waals surface area contributed by atoms with E-state index in [1.54, 1.807) is 25.1 Å². The zero-order valence-corrected chi connectivity index (χ0v) is 13.3. The lowest BCUT2D eigenvalue weighted by molar-refractivity contribution is -0.386. The molecule has 0 saturated heterocycles. The number of aryl methyl sites for hydroxylation is 1. The van der Waals surface area contributed by atoms with Crippen molar-refractivity contribution < 1.29 is 9.66 Å². The molecule has 0 amide bonds. The molecule has 6 nitrogen and oxygen atoms in total. The van der Waals surface area contributed by atoms with E-state index in [9.17, 15) is 10.1 Å². The number of aromatic nitrogens is 1. The highest BCUT2D eigenvalue weighted by Crippen LogP contribution is 2.34. The average Bonchev–Trinajstić information content (AvgIpc) is 2.40. The minimum atomic E-state index is -0.499. The topological polar surface area (TPSA) is 91.3 Å². The van der Waals surface area contributed by atoms with Gasteiger partial charge in [0.1, 0.15) is 12.4 Å². The molecule has 0 saturated carbocycles. The lowest BCUT2D eigenvalue weighted by Gasteiger charge is -2.11. The first-order valence-electron chi connectivity index (χ1n) is 5.86. The summed E-state index contributed by atoms with van der Waals surface area (Å²) < 4.78 is 6.15. The highest BCUT2D eigenvalue weighted by molar-refractivity contribution is 9.10. The van der Waals surface area contributed by atoms with Crippen molar-refractivity contribution in [1.82, 2.24) is 4.98 Å². The van der Waals surface area contributed by atoms with Crippen LogP contribution in [0.1, 0.15) is 11.3 Å². The fourth-order valence-electron chi connectivity index (χ4n) is 1.78. The number of nitrogens with two attached hydrogens (primary N) is 1. The summed E-state index contributed by atoms with van der Waals surface area (Å²) in [7, 11) is 0. The highest BCUT2D eigenvalue weighted by Gasteiger charge is 2.19. The Morgan fingerprint density at radius 1 is 1.48 bits per heavy atom. The monoisotopic (exact) mass is 371 g/mol. The molecule has 2 aromatic rings. The molecule has 1 aromatic heterocycles. The third kappa shape index (κ3) is 3.62. The van der Waals surface area contributed by atoms with Gasteiger partial charge in [0, 0.05) is 10.5 Å². The van der Waals surface area contributed by atoms with Crippen LogP contribution in [0.3, 0.4) is 0 Å². The summed E-state index contributed by atoms with van der Waals surface area (Å²) in [5.74, 6) is 0.489. The van der Waals surface area contributed by atoms with E-state index in [2.05, 4.69) is 20.9 Å². The number of benzene rings is 1. The Morgan fingerprint density at radius 2 is 2.19 bits per heavy atom. The molecule has 8 heteroatoms. The van der Waals surface area contributed by atoms with Crippen molar-refractivity contribution in [2.24, 2.45) is 0 Å². The number of hydrogen-bond acceptors (Lipinski definition) is 5. The van der Waals surface area contributed by atoms with Gasteiger partial charge in [0.25, 0.3) is 0 Å². The van der Waals surface area contributed by atoms with Gasteiger partial charge in [-0.1, -0.05) is 27.5 Å². The van der Waals surface area contributed by atoms with Crippen LogP contribution in [0.2, 0.25) is 5.02 Å². The van der Waals surface area contributed by atoms with Crippen LogP contribution in [-0.2, 0) is 6.61 Å². The zero-order valence-electron chi connectivity index (χ0n) is 11.0. The van der Waals surface area contributed by atoms with Crippen LogP contribution in [0.5, 0.6) is 5.75 Å². The van der Waals surface area contributed by atoms with Crippen molar-refractivity contribution >= 4 is 39.0 Å². The quantitative estimate of drug-likeness (QED) is 0.649. The fourth-order valence-corrected chi connectivity index (χ4v) is 2.50. The van der Waals surface area contributed by atoms with Crippen molar-refractivity contribution in [3.8, 4) is 5.75 Å². The summed E-state index contributed by atoms with van der Waals surface area (Å²) >= 11 is 9.21. The smallest absolute Gasteiger partial charge is 0.312 e. The maximum absolute atomic E-state index is 11.1. The van der Waals surface area contributed by atoms with Crippen LogP contribution in [-0.4, -0.2) is 9.91 Å². The number of pyridine rings is 1. The maximum Gasteiger partial charge on any atom is 0.312 e. The van der Waals surface area contributed by atoms with Crippen LogP contribution in [0.4, 0.5) is 11.5 Å². The Morgan fingerprint density at radius 3 is 2.86 bits per heavy atom. The predicted molar refractivity (Wildman–Crippen MR) is 83.5 cm³/mol. The maximum atomic E-state index is 11.1. The predicted octanol–water partition coefficient (Wildman–Crippen LogP) is 3.88. The number of nitro groups is 1. The lowest BCUT2D eigenvalue weighted by atomic mass is 10.2. The van der Waals surface area contributed by atoms with E-state index < -0.39 is 4.92 Å². The van der Waals surface area contributed by atoms with Gasteiger partial charge in [-0.25, -0.2) is 4.98 Å². The van der Waals surface area contributed by atoms with E-state index >= 15 is 0 Å². The first-order valence-corrected chi connectivity index (χ1v) is 7.04. The molecule has 0 radical (unpaired) electrons. The number of nitrogens with zero attached hydrogens (tertiary/aromatic N) is 2. The van der Waals surface area contributed by atoms with Gasteiger partial charge in [-0.2, -0.15) is 0 Å². The van der Waals surface area contributed by atoms with Gasteiger partial charge in [-0.05, 0) is 30.7 Å². The molecule has 0 atom stereocenters. The molecule has 0 aliphatic carbocycles. The number of rotatable bonds is 4. The minimum absolute atomic E-state index is 0.00676. The van der Waals surface area contributed by atoms with Crippen LogP contribution in [0.25, 0.3) is 0 Å². The van der Waals surface area contributed by atoms with Crippen LogP contribution < -0.4 is 10.5 Å². The number of nitro benzene ring substituents is 1. The number of hydrogen-bond donors (Lipinski definition) is 1.